The quantitative estimate of drug-likeness (QED) is 0.819. The van der Waals surface area contributed by atoms with Crippen LogP contribution in [0.1, 0.15) is 36.0 Å². The van der Waals surface area contributed by atoms with Crippen LogP contribution in [0.2, 0.25) is 0 Å². The average molecular weight is 238 g/mol. The van der Waals surface area contributed by atoms with Crippen molar-refractivity contribution in [2.75, 3.05) is 6.61 Å². The van der Waals surface area contributed by atoms with Gasteiger partial charge in [0.1, 0.15) is 24.5 Å². The molecule has 0 amide bonds. The molecule has 92 valence electrons. The number of benzene rings is 1. The molecule has 0 unspecified atom stereocenters. The van der Waals surface area contributed by atoms with Crippen molar-refractivity contribution in [1.29, 1.82) is 0 Å². The number of hydrogen-bond acceptors (Lipinski definition) is 3. The number of carbonyl (C=O) groups is 1. The summed E-state index contributed by atoms with van der Waals surface area (Å²) in [6.45, 7) is 0.148. The fraction of sp³-hybridized carbons (Fsp3) is 0.462. The molecule has 0 radical (unpaired) electrons. The van der Waals surface area contributed by atoms with Gasteiger partial charge in [0.2, 0.25) is 0 Å². The molecule has 0 heterocycles. The highest BCUT2D eigenvalue weighted by atomic mass is 19.1. The summed E-state index contributed by atoms with van der Waals surface area (Å²) in [6, 6.07) is 3.82. The molecule has 1 aliphatic carbocycles. The van der Waals surface area contributed by atoms with Crippen LogP contribution in [0.3, 0.4) is 0 Å². The first-order valence-electron chi connectivity index (χ1n) is 5.72. The molecule has 1 aliphatic rings. The van der Waals surface area contributed by atoms with Crippen LogP contribution in [0.15, 0.2) is 18.2 Å². The maximum Gasteiger partial charge on any atom is 0.150 e. The molecule has 1 fully saturated rings. The third-order valence-electron chi connectivity index (χ3n) is 3.07. The van der Waals surface area contributed by atoms with Crippen molar-refractivity contribution in [2.45, 2.75) is 31.3 Å². The standard InChI is InChI=1S/C13H15FO3/c14-11-5-10(8-15)6-12(7-11)17-9-13(16)3-1-2-4-13/h5-8,16H,1-4,9H2. The van der Waals surface area contributed by atoms with Crippen LogP contribution in [-0.2, 0) is 0 Å². The van der Waals surface area contributed by atoms with Gasteiger partial charge in [0.25, 0.3) is 0 Å². The summed E-state index contributed by atoms with van der Waals surface area (Å²) in [5, 5.41) is 10.1. The van der Waals surface area contributed by atoms with E-state index in [-0.39, 0.29) is 17.9 Å². The predicted molar refractivity (Wildman–Crippen MR) is 60.7 cm³/mol. The van der Waals surface area contributed by atoms with E-state index in [9.17, 15) is 14.3 Å². The first-order valence-corrected chi connectivity index (χ1v) is 5.72. The molecule has 1 aromatic rings. The van der Waals surface area contributed by atoms with E-state index in [0.29, 0.717) is 19.1 Å². The third kappa shape index (κ3) is 3.03. The number of halogens is 1. The van der Waals surface area contributed by atoms with Crippen molar-refractivity contribution >= 4 is 6.29 Å². The number of ether oxygens (including phenoxy) is 1. The molecule has 0 aliphatic heterocycles. The molecule has 3 nitrogen and oxygen atoms in total. The van der Waals surface area contributed by atoms with E-state index in [1.54, 1.807) is 0 Å². The lowest BCUT2D eigenvalue weighted by molar-refractivity contribution is 0.00131. The Balaban J connectivity index is 2.03. The maximum atomic E-state index is 13.1. The van der Waals surface area contributed by atoms with Gasteiger partial charge < -0.3 is 9.84 Å². The van der Waals surface area contributed by atoms with Crippen LogP contribution in [0, 0.1) is 5.82 Å². The number of rotatable bonds is 4. The molecule has 0 saturated heterocycles. The highest BCUT2D eigenvalue weighted by Crippen LogP contribution is 2.30. The SMILES string of the molecule is O=Cc1cc(F)cc(OCC2(O)CCCC2)c1. The van der Waals surface area contributed by atoms with Crippen molar-refractivity contribution in [3.8, 4) is 5.75 Å². The summed E-state index contributed by atoms with van der Waals surface area (Å²) >= 11 is 0. The molecule has 0 aromatic heterocycles. The lowest BCUT2D eigenvalue weighted by atomic mass is 10.0. The van der Waals surface area contributed by atoms with E-state index < -0.39 is 11.4 Å². The van der Waals surface area contributed by atoms with Crippen molar-refractivity contribution in [3.63, 3.8) is 0 Å². The molecular weight excluding hydrogens is 223 g/mol. The number of aliphatic hydroxyl groups is 1. The van der Waals surface area contributed by atoms with Gasteiger partial charge in [-0.15, -0.1) is 0 Å². The Labute approximate surface area is 99.2 Å². The monoisotopic (exact) mass is 238 g/mol. The van der Waals surface area contributed by atoms with Crippen LogP contribution in [-0.4, -0.2) is 23.6 Å². The van der Waals surface area contributed by atoms with Gasteiger partial charge in [-0.2, -0.15) is 0 Å². The summed E-state index contributed by atoms with van der Waals surface area (Å²) in [5.74, 6) is -0.226. The van der Waals surface area contributed by atoms with Crippen LogP contribution < -0.4 is 4.74 Å². The fourth-order valence-corrected chi connectivity index (χ4v) is 2.13. The Morgan fingerprint density at radius 1 is 1.35 bits per heavy atom. The molecule has 2 rings (SSSR count). The topological polar surface area (TPSA) is 46.5 Å². The second kappa shape index (κ2) is 4.84. The summed E-state index contributed by atoms with van der Waals surface area (Å²) in [6.07, 6.45) is 3.97. The van der Waals surface area contributed by atoms with Gasteiger partial charge in [-0.25, -0.2) is 4.39 Å². The Morgan fingerprint density at radius 2 is 2.06 bits per heavy atom. The second-order valence-electron chi connectivity index (χ2n) is 4.56. The average Bonchev–Trinajstić information content (AvgIpc) is 2.73. The predicted octanol–water partition coefficient (Wildman–Crippen LogP) is 2.32. The summed E-state index contributed by atoms with van der Waals surface area (Å²) < 4.78 is 18.5. The molecule has 0 spiro atoms. The lowest BCUT2D eigenvalue weighted by Gasteiger charge is -2.22. The molecule has 17 heavy (non-hydrogen) atoms. The van der Waals surface area contributed by atoms with Gasteiger partial charge in [0.15, 0.2) is 0 Å². The highest BCUT2D eigenvalue weighted by Gasteiger charge is 2.31. The van der Waals surface area contributed by atoms with Crippen LogP contribution in [0.5, 0.6) is 5.75 Å². The number of carbonyl (C=O) groups excluding carboxylic acids is 1. The Hall–Kier alpha value is -1.42. The van der Waals surface area contributed by atoms with Crippen LogP contribution in [0.25, 0.3) is 0 Å². The zero-order chi connectivity index (χ0) is 12.3. The first-order chi connectivity index (χ1) is 8.11. The fourth-order valence-electron chi connectivity index (χ4n) is 2.13. The van der Waals surface area contributed by atoms with Gasteiger partial charge in [0.05, 0.1) is 5.60 Å². The Bertz CT molecular complexity index is 411. The van der Waals surface area contributed by atoms with Crippen LogP contribution in [0.4, 0.5) is 4.39 Å². The zero-order valence-electron chi connectivity index (χ0n) is 9.49. The minimum atomic E-state index is -0.798. The van der Waals surface area contributed by atoms with Gasteiger partial charge in [0, 0.05) is 11.6 Å². The molecule has 1 aromatic carbocycles. The van der Waals surface area contributed by atoms with E-state index in [1.807, 2.05) is 0 Å². The molecule has 0 bridgehead atoms. The minimum Gasteiger partial charge on any atom is -0.490 e. The van der Waals surface area contributed by atoms with Crippen LogP contribution >= 0.6 is 0 Å². The van der Waals surface area contributed by atoms with E-state index in [4.69, 9.17) is 4.74 Å². The lowest BCUT2D eigenvalue weighted by Crippen LogP contribution is -2.32. The summed E-state index contributed by atoms with van der Waals surface area (Å²) in [7, 11) is 0. The summed E-state index contributed by atoms with van der Waals surface area (Å²) in [5.41, 5.74) is -0.563. The molecule has 0 atom stereocenters. The summed E-state index contributed by atoms with van der Waals surface area (Å²) in [4.78, 5) is 10.6. The minimum absolute atomic E-state index is 0.148. The first kappa shape index (κ1) is 12.0. The van der Waals surface area contributed by atoms with Gasteiger partial charge in [-0.1, -0.05) is 12.8 Å². The second-order valence-corrected chi connectivity index (χ2v) is 4.56. The Kier molecular flexibility index (Phi) is 3.43. The van der Waals surface area contributed by atoms with E-state index >= 15 is 0 Å². The molecule has 4 heteroatoms. The van der Waals surface area contributed by atoms with Gasteiger partial charge in [-0.05, 0) is 25.0 Å². The highest BCUT2D eigenvalue weighted by molar-refractivity contribution is 5.75. The maximum absolute atomic E-state index is 13.1. The number of aldehydes is 1. The van der Waals surface area contributed by atoms with E-state index in [1.165, 1.54) is 12.1 Å². The largest absolute Gasteiger partial charge is 0.490 e. The van der Waals surface area contributed by atoms with Gasteiger partial charge >= 0.3 is 0 Å². The smallest absolute Gasteiger partial charge is 0.150 e. The third-order valence-corrected chi connectivity index (χ3v) is 3.07. The van der Waals surface area contributed by atoms with E-state index in [0.717, 1.165) is 18.9 Å². The van der Waals surface area contributed by atoms with Crippen molar-refractivity contribution in [2.24, 2.45) is 0 Å². The molecule has 1 saturated carbocycles. The Morgan fingerprint density at radius 3 is 2.71 bits per heavy atom. The molecule has 1 N–H and O–H groups in total. The van der Waals surface area contributed by atoms with Crippen molar-refractivity contribution in [3.05, 3.63) is 29.6 Å². The van der Waals surface area contributed by atoms with Crippen molar-refractivity contribution < 1.29 is 19.0 Å². The zero-order valence-corrected chi connectivity index (χ0v) is 9.49. The van der Waals surface area contributed by atoms with E-state index in [2.05, 4.69) is 0 Å². The molecular formula is C13H15FO3. The van der Waals surface area contributed by atoms with Gasteiger partial charge in [-0.3, -0.25) is 4.79 Å². The number of hydrogen-bond donors (Lipinski definition) is 1. The normalized spacial score (nSPS) is 18.0. The van der Waals surface area contributed by atoms with Crippen molar-refractivity contribution in [1.82, 2.24) is 0 Å².